The summed E-state index contributed by atoms with van der Waals surface area (Å²) in [6.45, 7) is 1.74. The molecule has 0 radical (unpaired) electrons. The van der Waals surface area contributed by atoms with E-state index in [-0.39, 0.29) is 11.3 Å². The number of carbonyl (C=O) groups is 1. The highest BCUT2D eigenvalue weighted by Gasteiger charge is 2.40. The second kappa shape index (κ2) is 6.26. The van der Waals surface area contributed by atoms with Gasteiger partial charge in [-0.1, -0.05) is 0 Å². The van der Waals surface area contributed by atoms with Gasteiger partial charge in [-0.05, 0) is 38.4 Å². The summed E-state index contributed by atoms with van der Waals surface area (Å²) in [5.74, 6) is 0.153. The molecule has 2 unspecified atom stereocenters. The molecule has 2 aliphatic rings. The zero-order valence-electron chi connectivity index (χ0n) is 11.1. The molecule has 1 aliphatic carbocycles. The van der Waals surface area contributed by atoms with Gasteiger partial charge in [-0.2, -0.15) is 11.8 Å². The molecule has 2 atom stereocenters. The summed E-state index contributed by atoms with van der Waals surface area (Å²) in [5.41, 5.74) is 5.47. The van der Waals surface area contributed by atoms with Crippen molar-refractivity contribution in [1.82, 2.24) is 5.32 Å². The highest BCUT2D eigenvalue weighted by Crippen LogP contribution is 2.32. The van der Waals surface area contributed by atoms with Gasteiger partial charge in [0.2, 0.25) is 5.91 Å². The van der Waals surface area contributed by atoms with E-state index in [4.69, 9.17) is 10.5 Å². The maximum Gasteiger partial charge on any atom is 0.227 e. The van der Waals surface area contributed by atoms with Crippen molar-refractivity contribution in [2.45, 2.75) is 43.4 Å². The van der Waals surface area contributed by atoms with E-state index >= 15 is 0 Å². The fourth-order valence-corrected chi connectivity index (χ4v) is 3.71. The second-order valence-electron chi connectivity index (χ2n) is 5.44. The van der Waals surface area contributed by atoms with Crippen LogP contribution in [0.5, 0.6) is 0 Å². The summed E-state index contributed by atoms with van der Waals surface area (Å²) in [6.07, 6.45) is 7.08. The van der Waals surface area contributed by atoms with Gasteiger partial charge in [0.1, 0.15) is 0 Å². The van der Waals surface area contributed by atoms with Crippen LogP contribution in [0.15, 0.2) is 0 Å². The van der Waals surface area contributed by atoms with Crippen LogP contribution in [0.25, 0.3) is 0 Å². The van der Waals surface area contributed by atoms with Crippen LogP contribution < -0.4 is 11.1 Å². The molecule has 1 aliphatic heterocycles. The van der Waals surface area contributed by atoms with Gasteiger partial charge in [0, 0.05) is 31.1 Å². The Kier molecular flexibility index (Phi) is 4.92. The van der Waals surface area contributed by atoms with E-state index in [0.717, 1.165) is 25.7 Å². The summed E-state index contributed by atoms with van der Waals surface area (Å²) >= 11 is 1.91. The topological polar surface area (TPSA) is 64.4 Å². The van der Waals surface area contributed by atoms with Gasteiger partial charge in [0.15, 0.2) is 0 Å². The Bertz CT molecular complexity index is 293. The van der Waals surface area contributed by atoms with E-state index in [2.05, 4.69) is 11.6 Å². The Morgan fingerprint density at radius 3 is 2.72 bits per heavy atom. The number of nitrogens with one attached hydrogen (secondary N) is 1. The lowest BCUT2D eigenvalue weighted by Crippen LogP contribution is -2.51. The second-order valence-corrected chi connectivity index (χ2v) is 6.58. The van der Waals surface area contributed by atoms with Crippen LogP contribution in [-0.2, 0) is 9.53 Å². The van der Waals surface area contributed by atoms with Crippen molar-refractivity contribution in [3.8, 4) is 0 Å². The first-order valence-electron chi connectivity index (χ1n) is 6.82. The van der Waals surface area contributed by atoms with Crippen molar-refractivity contribution in [1.29, 1.82) is 0 Å². The number of thioether (sulfide) groups is 1. The van der Waals surface area contributed by atoms with Crippen LogP contribution in [0.1, 0.15) is 32.1 Å². The van der Waals surface area contributed by atoms with E-state index in [1.807, 2.05) is 11.8 Å². The molecular weight excluding hydrogens is 248 g/mol. The number of ether oxygens (including phenoxy) is 1. The first-order valence-corrected chi connectivity index (χ1v) is 8.10. The lowest BCUT2D eigenvalue weighted by atomic mass is 9.79. The Hall–Kier alpha value is -0.260. The molecule has 0 aromatic heterocycles. The molecule has 1 saturated heterocycles. The first-order chi connectivity index (χ1) is 8.70. The van der Waals surface area contributed by atoms with Gasteiger partial charge < -0.3 is 15.8 Å². The standard InChI is InChI=1S/C13H24N2O2S/c1-18-11-3-2-10(8-11)15-12(16)13(9-14)4-6-17-7-5-13/h10-11H,2-9,14H2,1H3,(H,15,16). The summed E-state index contributed by atoms with van der Waals surface area (Å²) in [4.78, 5) is 12.4. The van der Waals surface area contributed by atoms with Crippen molar-refractivity contribution >= 4 is 17.7 Å². The molecule has 0 aromatic rings. The van der Waals surface area contributed by atoms with E-state index in [0.29, 0.717) is 31.1 Å². The first kappa shape index (κ1) is 14.2. The molecule has 1 heterocycles. The molecular formula is C13H24N2O2S. The molecule has 3 N–H and O–H groups in total. The minimum absolute atomic E-state index is 0.153. The molecule has 0 spiro atoms. The SMILES string of the molecule is CSC1CCC(NC(=O)C2(CN)CCOCC2)C1. The Morgan fingerprint density at radius 1 is 1.44 bits per heavy atom. The summed E-state index contributed by atoms with van der Waals surface area (Å²) in [6, 6.07) is 0.348. The van der Waals surface area contributed by atoms with Crippen LogP contribution >= 0.6 is 11.8 Å². The van der Waals surface area contributed by atoms with E-state index < -0.39 is 0 Å². The van der Waals surface area contributed by atoms with Crippen LogP contribution in [0, 0.1) is 5.41 Å². The van der Waals surface area contributed by atoms with Crippen molar-refractivity contribution in [3.63, 3.8) is 0 Å². The Labute approximate surface area is 113 Å². The number of hydrogen-bond acceptors (Lipinski definition) is 4. The molecule has 1 amide bonds. The van der Waals surface area contributed by atoms with Crippen molar-refractivity contribution < 1.29 is 9.53 Å². The zero-order chi connectivity index (χ0) is 13.0. The van der Waals surface area contributed by atoms with Crippen LogP contribution in [0.3, 0.4) is 0 Å². The van der Waals surface area contributed by atoms with E-state index in [1.54, 1.807) is 0 Å². The largest absolute Gasteiger partial charge is 0.381 e. The summed E-state index contributed by atoms with van der Waals surface area (Å²) < 4.78 is 5.34. The molecule has 18 heavy (non-hydrogen) atoms. The lowest BCUT2D eigenvalue weighted by Gasteiger charge is -2.35. The van der Waals surface area contributed by atoms with Crippen LogP contribution in [0.2, 0.25) is 0 Å². The quantitative estimate of drug-likeness (QED) is 0.805. The fourth-order valence-electron chi connectivity index (χ4n) is 2.91. The zero-order valence-corrected chi connectivity index (χ0v) is 11.9. The lowest BCUT2D eigenvalue weighted by molar-refractivity contribution is -0.136. The van der Waals surface area contributed by atoms with Gasteiger partial charge in [0.05, 0.1) is 5.41 Å². The third-order valence-corrected chi connectivity index (χ3v) is 5.47. The van der Waals surface area contributed by atoms with Gasteiger partial charge in [-0.3, -0.25) is 4.79 Å². The van der Waals surface area contributed by atoms with Crippen molar-refractivity contribution in [2.24, 2.45) is 11.1 Å². The van der Waals surface area contributed by atoms with Crippen molar-refractivity contribution in [2.75, 3.05) is 26.0 Å². The predicted molar refractivity (Wildman–Crippen MR) is 74.6 cm³/mol. The van der Waals surface area contributed by atoms with Gasteiger partial charge in [-0.15, -0.1) is 0 Å². The highest BCUT2D eigenvalue weighted by molar-refractivity contribution is 7.99. The maximum atomic E-state index is 12.4. The Balaban J connectivity index is 1.90. The minimum Gasteiger partial charge on any atom is -0.381 e. The van der Waals surface area contributed by atoms with Gasteiger partial charge in [0.25, 0.3) is 0 Å². The molecule has 0 bridgehead atoms. The normalized spacial score (nSPS) is 31.2. The average Bonchev–Trinajstić information content (AvgIpc) is 2.87. The van der Waals surface area contributed by atoms with Crippen molar-refractivity contribution in [3.05, 3.63) is 0 Å². The maximum absolute atomic E-state index is 12.4. The van der Waals surface area contributed by atoms with E-state index in [1.165, 1.54) is 6.42 Å². The molecule has 5 heteroatoms. The number of carbonyl (C=O) groups excluding carboxylic acids is 1. The molecule has 4 nitrogen and oxygen atoms in total. The number of amides is 1. The molecule has 2 fully saturated rings. The van der Waals surface area contributed by atoms with Gasteiger partial charge in [-0.25, -0.2) is 0 Å². The number of rotatable bonds is 4. The average molecular weight is 272 g/mol. The monoisotopic (exact) mass is 272 g/mol. The smallest absolute Gasteiger partial charge is 0.227 e. The highest BCUT2D eigenvalue weighted by atomic mass is 32.2. The number of hydrogen-bond donors (Lipinski definition) is 2. The fraction of sp³-hybridized carbons (Fsp3) is 0.923. The summed E-state index contributed by atoms with van der Waals surface area (Å²) in [7, 11) is 0. The van der Waals surface area contributed by atoms with Crippen LogP contribution in [-0.4, -0.2) is 43.2 Å². The molecule has 2 rings (SSSR count). The Morgan fingerprint density at radius 2 is 2.17 bits per heavy atom. The molecule has 0 aromatic carbocycles. The molecule has 1 saturated carbocycles. The summed E-state index contributed by atoms with van der Waals surface area (Å²) in [5, 5.41) is 3.92. The minimum atomic E-state index is -0.379. The van der Waals surface area contributed by atoms with E-state index in [9.17, 15) is 4.79 Å². The third kappa shape index (κ3) is 3.00. The third-order valence-electron chi connectivity index (χ3n) is 4.38. The van der Waals surface area contributed by atoms with Crippen LogP contribution in [0.4, 0.5) is 0 Å². The predicted octanol–water partition coefficient (Wildman–Crippen LogP) is 1.14. The molecule has 104 valence electrons. The number of nitrogens with two attached hydrogens (primary N) is 1. The van der Waals surface area contributed by atoms with Gasteiger partial charge >= 0.3 is 0 Å².